The number of ether oxygens (including phenoxy) is 1. The van der Waals surface area contributed by atoms with Crippen molar-refractivity contribution in [2.45, 2.75) is 13.5 Å². The molecule has 0 aliphatic carbocycles. The number of carbonyl (C=O) groups excluding carboxylic acids is 2. The highest BCUT2D eigenvalue weighted by atomic mass is 35.5. The summed E-state index contributed by atoms with van der Waals surface area (Å²) < 4.78 is 6.71. The third kappa shape index (κ3) is 3.73. The molecule has 1 aliphatic rings. The van der Waals surface area contributed by atoms with E-state index in [0.717, 1.165) is 11.3 Å². The normalized spacial score (nSPS) is 13.8. The van der Waals surface area contributed by atoms with E-state index in [1.807, 2.05) is 24.3 Å². The first-order valence-electron chi connectivity index (χ1n) is 9.38. The van der Waals surface area contributed by atoms with Crippen molar-refractivity contribution in [2.75, 3.05) is 25.1 Å². The summed E-state index contributed by atoms with van der Waals surface area (Å²) in [6, 6.07) is 11.0. The lowest BCUT2D eigenvalue weighted by molar-refractivity contribution is 0.112. The van der Waals surface area contributed by atoms with Crippen LogP contribution >= 0.6 is 11.6 Å². The van der Waals surface area contributed by atoms with Crippen LogP contribution in [0.15, 0.2) is 42.6 Å². The van der Waals surface area contributed by atoms with Crippen LogP contribution in [-0.4, -0.2) is 52.2 Å². The summed E-state index contributed by atoms with van der Waals surface area (Å²) in [5.74, 6) is 1.29. The zero-order valence-corrected chi connectivity index (χ0v) is 17.3. The van der Waals surface area contributed by atoms with Crippen molar-refractivity contribution < 1.29 is 14.3 Å². The average Bonchev–Trinajstić information content (AvgIpc) is 3.35. The Labute approximate surface area is 178 Å². The molecule has 3 aromatic rings. The van der Waals surface area contributed by atoms with Gasteiger partial charge in [0.25, 0.3) is 0 Å². The van der Waals surface area contributed by atoms with Crippen LogP contribution in [0.3, 0.4) is 0 Å². The van der Waals surface area contributed by atoms with E-state index in [0.29, 0.717) is 43.1 Å². The zero-order valence-electron chi connectivity index (χ0n) is 16.6. The van der Waals surface area contributed by atoms with Crippen molar-refractivity contribution in [3.8, 4) is 11.4 Å². The fourth-order valence-electron chi connectivity index (χ4n) is 3.41. The van der Waals surface area contributed by atoms with Crippen molar-refractivity contribution in [3.05, 3.63) is 64.6 Å². The standard InChI is InChI=1S/C21H20ClN5O3/c1-14-11-18(17(13-28)20(22)23-14)27-8-7-19(24-27)26-10-9-25(21(26)29)12-15-3-5-16(30-2)6-4-15/h3-8,11,13H,9-10,12H2,1-2H3. The van der Waals surface area contributed by atoms with Crippen LogP contribution in [0.25, 0.3) is 5.69 Å². The van der Waals surface area contributed by atoms with E-state index in [9.17, 15) is 9.59 Å². The van der Waals surface area contributed by atoms with Crippen LogP contribution in [-0.2, 0) is 6.54 Å². The van der Waals surface area contributed by atoms with Crippen LogP contribution in [0.5, 0.6) is 5.75 Å². The van der Waals surface area contributed by atoms with Gasteiger partial charge in [0.15, 0.2) is 12.1 Å². The maximum absolute atomic E-state index is 12.9. The van der Waals surface area contributed by atoms with Crippen LogP contribution in [0.1, 0.15) is 21.6 Å². The Bertz CT molecular complexity index is 1100. The summed E-state index contributed by atoms with van der Waals surface area (Å²) in [6.45, 7) is 3.42. The zero-order chi connectivity index (χ0) is 21.3. The number of anilines is 1. The number of amides is 2. The number of aryl methyl sites for hydroxylation is 1. The number of hydrogen-bond donors (Lipinski definition) is 0. The minimum absolute atomic E-state index is 0.115. The van der Waals surface area contributed by atoms with Crippen LogP contribution in [0.2, 0.25) is 5.15 Å². The number of pyridine rings is 1. The maximum atomic E-state index is 12.9. The van der Waals surface area contributed by atoms with Gasteiger partial charge >= 0.3 is 6.03 Å². The summed E-state index contributed by atoms with van der Waals surface area (Å²) in [5, 5.41) is 4.63. The van der Waals surface area contributed by atoms with E-state index in [1.165, 1.54) is 0 Å². The van der Waals surface area contributed by atoms with Gasteiger partial charge in [0.05, 0.1) is 18.4 Å². The predicted octanol–water partition coefficient (Wildman–Crippen LogP) is 3.49. The smallest absolute Gasteiger partial charge is 0.326 e. The van der Waals surface area contributed by atoms with Gasteiger partial charge in [-0.25, -0.2) is 14.5 Å². The Kier molecular flexibility index (Phi) is 5.41. The quantitative estimate of drug-likeness (QED) is 0.446. The second kappa shape index (κ2) is 8.16. The van der Waals surface area contributed by atoms with E-state index in [2.05, 4.69) is 10.1 Å². The molecule has 1 saturated heterocycles. The molecule has 1 aromatic carbocycles. The molecular formula is C21H20ClN5O3. The Morgan fingerprint density at radius 3 is 2.67 bits per heavy atom. The van der Waals surface area contributed by atoms with E-state index in [1.54, 1.807) is 46.8 Å². The van der Waals surface area contributed by atoms with E-state index in [4.69, 9.17) is 16.3 Å². The van der Waals surface area contributed by atoms with Gasteiger partial charge in [-0.15, -0.1) is 5.10 Å². The second-order valence-electron chi connectivity index (χ2n) is 6.93. The minimum Gasteiger partial charge on any atom is -0.497 e. The molecule has 0 bridgehead atoms. The number of nitrogens with zero attached hydrogens (tertiary/aromatic N) is 5. The molecular weight excluding hydrogens is 406 g/mol. The van der Waals surface area contributed by atoms with Gasteiger partial charge in [-0.3, -0.25) is 9.69 Å². The second-order valence-corrected chi connectivity index (χ2v) is 7.29. The molecule has 30 heavy (non-hydrogen) atoms. The average molecular weight is 426 g/mol. The number of hydrogen-bond acceptors (Lipinski definition) is 5. The van der Waals surface area contributed by atoms with Crippen LogP contribution in [0.4, 0.5) is 10.6 Å². The van der Waals surface area contributed by atoms with Gasteiger partial charge in [0, 0.05) is 37.6 Å². The Morgan fingerprint density at radius 2 is 1.97 bits per heavy atom. The third-order valence-corrected chi connectivity index (χ3v) is 5.25. The highest BCUT2D eigenvalue weighted by Gasteiger charge is 2.31. The summed E-state index contributed by atoms with van der Waals surface area (Å²) >= 11 is 6.09. The predicted molar refractivity (Wildman–Crippen MR) is 113 cm³/mol. The van der Waals surface area contributed by atoms with Crippen LogP contribution in [0, 0.1) is 6.92 Å². The Hall–Kier alpha value is -3.39. The Morgan fingerprint density at radius 1 is 1.20 bits per heavy atom. The van der Waals surface area contributed by atoms with Gasteiger partial charge in [0.1, 0.15) is 10.9 Å². The summed E-state index contributed by atoms with van der Waals surface area (Å²) in [6.07, 6.45) is 2.36. The molecule has 9 heteroatoms. The van der Waals surface area contributed by atoms with Crippen LogP contribution < -0.4 is 9.64 Å². The van der Waals surface area contributed by atoms with E-state index in [-0.39, 0.29) is 16.7 Å². The molecule has 2 amide bonds. The summed E-state index contributed by atoms with van der Waals surface area (Å²) in [7, 11) is 1.62. The Balaban J connectivity index is 1.53. The highest BCUT2D eigenvalue weighted by Crippen LogP contribution is 2.25. The number of benzene rings is 1. The number of methoxy groups -OCH3 is 1. The fraction of sp³-hybridized carbons (Fsp3) is 0.238. The highest BCUT2D eigenvalue weighted by molar-refractivity contribution is 6.32. The molecule has 1 fully saturated rings. The summed E-state index contributed by atoms with van der Waals surface area (Å²) in [5.41, 5.74) is 2.47. The molecule has 0 spiro atoms. The lowest BCUT2D eigenvalue weighted by atomic mass is 10.2. The molecule has 4 rings (SSSR count). The van der Waals surface area contributed by atoms with E-state index >= 15 is 0 Å². The molecule has 3 heterocycles. The summed E-state index contributed by atoms with van der Waals surface area (Å²) in [4.78, 5) is 31.9. The molecule has 8 nitrogen and oxygen atoms in total. The van der Waals surface area contributed by atoms with Gasteiger partial charge in [-0.05, 0) is 30.7 Å². The largest absolute Gasteiger partial charge is 0.497 e. The van der Waals surface area contributed by atoms with Crippen molar-refractivity contribution in [1.29, 1.82) is 0 Å². The molecule has 1 aliphatic heterocycles. The van der Waals surface area contributed by atoms with Crippen molar-refractivity contribution in [3.63, 3.8) is 0 Å². The van der Waals surface area contributed by atoms with Crippen molar-refractivity contribution in [1.82, 2.24) is 19.7 Å². The maximum Gasteiger partial charge on any atom is 0.326 e. The van der Waals surface area contributed by atoms with Gasteiger partial charge in [-0.2, -0.15) is 0 Å². The lowest BCUT2D eigenvalue weighted by Crippen LogP contribution is -2.31. The molecule has 2 aromatic heterocycles. The van der Waals surface area contributed by atoms with Crippen molar-refractivity contribution >= 4 is 29.7 Å². The topological polar surface area (TPSA) is 80.6 Å². The first-order valence-corrected chi connectivity index (χ1v) is 9.75. The number of urea groups is 1. The molecule has 0 unspecified atom stereocenters. The SMILES string of the molecule is COc1ccc(CN2CCN(c3ccn(-c4cc(C)nc(Cl)c4C=O)n3)C2=O)cc1. The lowest BCUT2D eigenvalue weighted by Gasteiger charge is -2.17. The van der Waals surface area contributed by atoms with Gasteiger partial charge < -0.3 is 9.64 Å². The number of halogens is 1. The molecule has 0 saturated carbocycles. The van der Waals surface area contributed by atoms with E-state index < -0.39 is 0 Å². The number of carbonyl (C=O) groups is 2. The number of aldehydes is 1. The first-order chi connectivity index (χ1) is 14.5. The minimum atomic E-state index is -0.115. The molecule has 0 atom stereocenters. The van der Waals surface area contributed by atoms with Gasteiger partial charge in [0.2, 0.25) is 0 Å². The van der Waals surface area contributed by atoms with Crippen molar-refractivity contribution in [2.24, 2.45) is 0 Å². The monoisotopic (exact) mass is 425 g/mol. The third-order valence-electron chi connectivity index (χ3n) is 4.96. The molecule has 0 radical (unpaired) electrons. The first kappa shape index (κ1) is 19.9. The molecule has 154 valence electrons. The fourth-order valence-corrected chi connectivity index (χ4v) is 3.69. The number of rotatable bonds is 6. The number of aromatic nitrogens is 3. The van der Waals surface area contributed by atoms with Gasteiger partial charge in [-0.1, -0.05) is 23.7 Å². The molecule has 0 N–H and O–H groups in total.